The first kappa shape index (κ1) is 27.9. The highest BCUT2D eigenvalue weighted by Crippen LogP contribution is 2.55. The minimum absolute atomic E-state index is 0.0521. The number of likely N-dealkylation sites (tertiary alicyclic amines) is 1. The number of Topliss-reactive ketones (excluding diaryl/α,β-unsaturated/α-hetero) is 2. The summed E-state index contributed by atoms with van der Waals surface area (Å²) in [4.78, 5) is 40.7. The molecule has 40 heavy (non-hydrogen) atoms. The van der Waals surface area contributed by atoms with Crippen molar-refractivity contribution in [2.75, 3.05) is 20.2 Å². The monoisotopic (exact) mass is 567 g/mol. The maximum Gasteiger partial charge on any atom is 0.573 e. The number of ether oxygens (including phenoxy) is 2. The van der Waals surface area contributed by atoms with Gasteiger partial charge in [-0.2, -0.15) is 0 Å². The number of aliphatic hydroxyl groups excluding tert-OH is 2. The molecular formula is C26H28F3N3O8. The molecule has 3 aliphatic carbocycles. The molecule has 0 radical (unpaired) electrons. The van der Waals surface area contributed by atoms with Crippen LogP contribution < -0.4 is 16.2 Å². The number of carbonyl (C=O) groups excluding carboxylic acids is 3. The van der Waals surface area contributed by atoms with E-state index in [9.17, 15) is 42.9 Å². The first-order chi connectivity index (χ1) is 18.7. The smallest absolute Gasteiger partial charge is 0.508 e. The second-order valence-electron chi connectivity index (χ2n) is 10.5. The van der Waals surface area contributed by atoms with Crippen LogP contribution in [0, 0.1) is 11.8 Å². The topological polar surface area (TPSA) is 186 Å². The van der Waals surface area contributed by atoms with Crippen LogP contribution in [0.4, 0.5) is 13.2 Å². The Morgan fingerprint density at radius 1 is 1.20 bits per heavy atom. The van der Waals surface area contributed by atoms with E-state index in [2.05, 4.69) is 4.74 Å². The molecule has 14 heteroatoms. The minimum Gasteiger partial charge on any atom is -0.508 e. The van der Waals surface area contributed by atoms with Crippen molar-refractivity contribution >= 4 is 23.2 Å². The lowest BCUT2D eigenvalue weighted by atomic mass is 9.57. The number of amides is 1. The molecule has 1 aromatic carbocycles. The van der Waals surface area contributed by atoms with Crippen LogP contribution in [0.5, 0.6) is 11.5 Å². The molecule has 0 spiro atoms. The number of halogens is 3. The SMILES string of the molecule is CO[C@]12C(=O)C3=C(O)c4c(O)cc(CN5CCCC5)c(OC(F)(F)F)c4C[C@H]3C[C@H]1[C@H](N)C(=O)C(C(N)=O)=C2O. The molecule has 7 N–H and O–H groups in total. The first-order valence-corrected chi connectivity index (χ1v) is 12.7. The fraction of sp³-hybridized carbons (Fsp3) is 0.500. The van der Waals surface area contributed by atoms with Gasteiger partial charge in [0.1, 0.15) is 28.6 Å². The standard InChI is InChI=1S/C26H28F3N3O8/c1-39-25-13(18(30)20(35)17(23(25)37)24(31)38)7-10-6-12-16(19(34)15(10)22(25)36)14(33)8-11(9-32-4-2-3-5-32)21(12)40-26(27,28)29/h8,10,13,18,33-34,37H,2-7,9,30H2,1H3,(H2,31,38)/t10-,13-,18-,25-/m0/s1. The molecule has 1 saturated heterocycles. The molecule has 4 aliphatic rings. The molecule has 1 aliphatic heterocycles. The molecule has 1 heterocycles. The summed E-state index contributed by atoms with van der Waals surface area (Å²) >= 11 is 0. The Kier molecular flexibility index (Phi) is 6.63. The van der Waals surface area contributed by atoms with Crippen molar-refractivity contribution in [3.8, 4) is 11.5 Å². The van der Waals surface area contributed by atoms with Crippen LogP contribution in [0.2, 0.25) is 0 Å². The summed E-state index contributed by atoms with van der Waals surface area (Å²) in [7, 11) is 1.04. The fourth-order valence-corrected chi connectivity index (χ4v) is 6.69. The van der Waals surface area contributed by atoms with Crippen molar-refractivity contribution < 1.29 is 52.3 Å². The number of primary amides is 1. The van der Waals surface area contributed by atoms with Crippen LogP contribution in [0.15, 0.2) is 23.0 Å². The normalized spacial score (nSPS) is 28.9. The van der Waals surface area contributed by atoms with E-state index in [4.69, 9.17) is 16.2 Å². The van der Waals surface area contributed by atoms with Gasteiger partial charge in [-0.25, -0.2) is 0 Å². The van der Waals surface area contributed by atoms with Gasteiger partial charge in [-0.3, -0.25) is 19.3 Å². The summed E-state index contributed by atoms with van der Waals surface area (Å²) in [5.41, 5.74) is 7.21. The third-order valence-corrected chi connectivity index (χ3v) is 8.38. The molecule has 216 valence electrons. The number of nitrogens with two attached hydrogens (primary N) is 2. The number of nitrogens with zero attached hydrogens (tertiary/aromatic N) is 1. The minimum atomic E-state index is -5.10. The van der Waals surface area contributed by atoms with Crippen LogP contribution in [0.25, 0.3) is 5.76 Å². The van der Waals surface area contributed by atoms with E-state index in [1.807, 2.05) is 4.90 Å². The van der Waals surface area contributed by atoms with Crippen LogP contribution in [-0.2, 0) is 32.1 Å². The van der Waals surface area contributed by atoms with Gasteiger partial charge in [0, 0.05) is 36.3 Å². The maximum atomic E-state index is 14.0. The van der Waals surface area contributed by atoms with Gasteiger partial charge >= 0.3 is 6.36 Å². The van der Waals surface area contributed by atoms with Crippen LogP contribution in [-0.4, -0.2) is 75.9 Å². The molecular weight excluding hydrogens is 539 g/mol. The number of phenols is 1. The van der Waals surface area contributed by atoms with Gasteiger partial charge in [-0.15, -0.1) is 13.2 Å². The largest absolute Gasteiger partial charge is 0.573 e. The molecule has 2 fully saturated rings. The average Bonchev–Trinajstić information content (AvgIpc) is 3.37. The van der Waals surface area contributed by atoms with E-state index in [0.717, 1.165) is 26.0 Å². The lowest BCUT2D eigenvalue weighted by Gasteiger charge is -2.50. The number of aliphatic hydroxyl groups is 2. The number of methoxy groups -OCH3 is 1. The van der Waals surface area contributed by atoms with Gasteiger partial charge in [0.25, 0.3) is 5.91 Å². The van der Waals surface area contributed by atoms with Gasteiger partial charge in [0.2, 0.25) is 5.78 Å². The maximum absolute atomic E-state index is 14.0. The molecule has 1 amide bonds. The van der Waals surface area contributed by atoms with Crippen molar-refractivity contribution in [1.29, 1.82) is 0 Å². The molecule has 1 saturated carbocycles. The zero-order chi connectivity index (χ0) is 29.3. The Balaban J connectivity index is 1.71. The Labute approximate surface area is 225 Å². The van der Waals surface area contributed by atoms with E-state index in [1.54, 1.807) is 0 Å². The Bertz CT molecular complexity index is 1380. The van der Waals surface area contributed by atoms with Crippen LogP contribution in [0.3, 0.4) is 0 Å². The molecule has 4 atom stereocenters. The number of fused-ring (bicyclic) bond motifs is 3. The second kappa shape index (κ2) is 9.49. The molecule has 1 aromatic rings. The summed E-state index contributed by atoms with van der Waals surface area (Å²) in [5, 5.41) is 33.2. The van der Waals surface area contributed by atoms with E-state index < -0.39 is 81.5 Å². The molecule has 0 aromatic heterocycles. The van der Waals surface area contributed by atoms with E-state index in [-0.39, 0.29) is 36.1 Å². The predicted octanol–water partition coefficient (Wildman–Crippen LogP) is 1.51. The van der Waals surface area contributed by atoms with Gasteiger partial charge in [0.05, 0.1) is 11.6 Å². The highest BCUT2D eigenvalue weighted by Gasteiger charge is 2.64. The number of alkyl halides is 3. The summed E-state index contributed by atoms with van der Waals surface area (Å²) in [6.07, 6.45) is -3.87. The average molecular weight is 568 g/mol. The predicted molar refractivity (Wildman–Crippen MR) is 131 cm³/mol. The van der Waals surface area contributed by atoms with Gasteiger partial charge in [-0.1, -0.05) is 0 Å². The first-order valence-electron chi connectivity index (χ1n) is 12.7. The van der Waals surface area contributed by atoms with E-state index in [1.165, 1.54) is 0 Å². The zero-order valence-electron chi connectivity index (χ0n) is 21.4. The number of rotatable bonds is 5. The number of ketones is 2. The third kappa shape index (κ3) is 4.04. The molecule has 0 bridgehead atoms. The third-order valence-electron chi connectivity index (χ3n) is 8.38. The summed E-state index contributed by atoms with van der Waals surface area (Å²) in [5.74, 6) is -8.71. The molecule has 0 unspecified atom stereocenters. The summed E-state index contributed by atoms with van der Waals surface area (Å²) < 4.78 is 50.6. The highest BCUT2D eigenvalue weighted by molar-refractivity contribution is 6.24. The highest BCUT2D eigenvalue weighted by atomic mass is 19.4. The van der Waals surface area contributed by atoms with Crippen LogP contribution >= 0.6 is 0 Å². The lowest BCUT2D eigenvalue weighted by molar-refractivity contribution is -0.275. The van der Waals surface area contributed by atoms with Crippen molar-refractivity contribution in [3.63, 3.8) is 0 Å². The van der Waals surface area contributed by atoms with Gasteiger partial charge in [-0.05, 0) is 50.8 Å². The van der Waals surface area contributed by atoms with Crippen molar-refractivity contribution in [2.24, 2.45) is 23.3 Å². The van der Waals surface area contributed by atoms with E-state index >= 15 is 0 Å². The Morgan fingerprint density at radius 3 is 2.42 bits per heavy atom. The van der Waals surface area contributed by atoms with Gasteiger partial charge < -0.3 is 36.3 Å². The molecule has 11 nitrogen and oxygen atoms in total. The number of carbonyl (C=O) groups is 3. The van der Waals surface area contributed by atoms with Crippen molar-refractivity contribution in [3.05, 3.63) is 39.7 Å². The Morgan fingerprint density at radius 2 is 1.85 bits per heavy atom. The number of hydrogen-bond donors (Lipinski definition) is 5. The number of aromatic hydroxyl groups is 1. The van der Waals surface area contributed by atoms with Gasteiger partial charge in [0.15, 0.2) is 11.4 Å². The molecule has 5 rings (SSSR count). The Hall–Kier alpha value is -3.62. The van der Waals surface area contributed by atoms with Crippen molar-refractivity contribution in [2.45, 2.75) is 50.2 Å². The number of hydrogen-bond acceptors (Lipinski definition) is 10. The van der Waals surface area contributed by atoms with Crippen molar-refractivity contribution in [1.82, 2.24) is 4.90 Å². The summed E-state index contributed by atoms with van der Waals surface area (Å²) in [6, 6.07) is -0.469. The number of phenolic OH excluding ortho intramolecular Hbond substituents is 1. The van der Waals surface area contributed by atoms with E-state index in [0.29, 0.717) is 13.1 Å². The second-order valence-corrected chi connectivity index (χ2v) is 10.5. The van der Waals surface area contributed by atoms with Crippen LogP contribution in [0.1, 0.15) is 36.0 Å². The fourth-order valence-electron chi connectivity index (χ4n) is 6.69. The number of benzene rings is 1. The quantitative estimate of drug-likeness (QED) is 0.327. The summed E-state index contributed by atoms with van der Waals surface area (Å²) in [6.45, 7) is 1.34. The lowest BCUT2D eigenvalue weighted by Crippen LogP contribution is -2.66. The zero-order valence-corrected chi connectivity index (χ0v) is 21.4.